The van der Waals surface area contributed by atoms with Crippen molar-refractivity contribution in [3.05, 3.63) is 80.7 Å². The molecule has 0 unspecified atom stereocenters. The van der Waals surface area contributed by atoms with Gasteiger partial charge in [-0.05, 0) is 30.3 Å². The van der Waals surface area contributed by atoms with Crippen LogP contribution in [0.1, 0.15) is 0 Å². The van der Waals surface area contributed by atoms with Gasteiger partial charge in [0.05, 0.1) is 12.0 Å². The number of rotatable bonds is 5. The van der Waals surface area contributed by atoms with Gasteiger partial charge in [-0.25, -0.2) is 9.78 Å². The zero-order chi connectivity index (χ0) is 22.1. The van der Waals surface area contributed by atoms with Gasteiger partial charge in [0.2, 0.25) is 5.91 Å². The predicted octanol–water partition coefficient (Wildman–Crippen LogP) is 2.52. The number of nitrogens with zero attached hydrogens (tertiary/aromatic N) is 4. The Balaban J connectivity index is 1.62. The molecule has 2 aromatic heterocycles. The fourth-order valence-corrected chi connectivity index (χ4v) is 3.34. The fourth-order valence-electron chi connectivity index (χ4n) is 3.17. The zero-order valence-electron chi connectivity index (χ0n) is 16.7. The van der Waals surface area contributed by atoms with E-state index in [9.17, 15) is 14.4 Å². The van der Waals surface area contributed by atoms with E-state index in [0.717, 1.165) is 4.57 Å². The molecule has 2 heterocycles. The van der Waals surface area contributed by atoms with Gasteiger partial charge in [0.1, 0.15) is 12.3 Å². The number of nitrogens with one attached hydrogen (secondary N) is 1. The minimum atomic E-state index is -0.528. The van der Waals surface area contributed by atoms with Gasteiger partial charge in [0.15, 0.2) is 16.9 Å². The van der Waals surface area contributed by atoms with Gasteiger partial charge in [-0.3, -0.25) is 18.7 Å². The van der Waals surface area contributed by atoms with Crippen LogP contribution in [0, 0.1) is 0 Å². The predicted molar refractivity (Wildman–Crippen MR) is 117 cm³/mol. The van der Waals surface area contributed by atoms with Gasteiger partial charge in [0.25, 0.3) is 5.56 Å². The van der Waals surface area contributed by atoms with Crippen molar-refractivity contribution in [3.8, 4) is 11.5 Å². The Morgan fingerprint density at radius 1 is 1.10 bits per heavy atom. The molecule has 2 aromatic carbocycles. The van der Waals surface area contributed by atoms with Crippen LogP contribution in [0.2, 0.25) is 5.02 Å². The van der Waals surface area contributed by atoms with Gasteiger partial charge >= 0.3 is 5.69 Å². The lowest BCUT2D eigenvalue weighted by atomic mass is 10.2. The first-order valence-corrected chi connectivity index (χ1v) is 9.66. The molecule has 0 aliphatic heterocycles. The minimum absolute atomic E-state index is 0.159. The summed E-state index contributed by atoms with van der Waals surface area (Å²) >= 11 is 6.10. The Labute approximate surface area is 181 Å². The molecule has 0 spiro atoms. The Morgan fingerprint density at radius 3 is 2.58 bits per heavy atom. The van der Waals surface area contributed by atoms with E-state index < -0.39 is 17.2 Å². The molecule has 0 atom stereocenters. The van der Waals surface area contributed by atoms with E-state index in [1.807, 2.05) is 18.2 Å². The third-order valence-corrected chi connectivity index (χ3v) is 4.95. The zero-order valence-corrected chi connectivity index (χ0v) is 17.5. The second-order valence-corrected chi connectivity index (χ2v) is 7.29. The molecule has 0 aliphatic rings. The molecule has 4 rings (SSSR count). The SMILES string of the molecule is Cn1c(=O)c2c(ncn2CC(=O)Nc2cc(Cl)ccc2Oc2ccccc2)n(C)c1=O. The number of carbonyl (C=O) groups excluding carboxylic acids is 1. The van der Waals surface area contributed by atoms with Crippen LogP contribution >= 0.6 is 11.6 Å². The number of benzene rings is 2. The maximum absolute atomic E-state index is 12.8. The van der Waals surface area contributed by atoms with Gasteiger partial charge < -0.3 is 14.6 Å². The van der Waals surface area contributed by atoms with E-state index in [4.69, 9.17) is 16.3 Å². The van der Waals surface area contributed by atoms with Crippen molar-refractivity contribution < 1.29 is 9.53 Å². The molecule has 10 heteroatoms. The van der Waals surface area contributed by atoms with E-state index in [1.165, 1.54) is 29.6 Å². The van der Waals surface area contributed by atoms with Crippen molar-refractivity contribution in [2.45, 2.75) is 6.54 Å². The van der Waals surface area contributed by atoms with E-state index in [2.05, 4.69) is 10.3 Å². The summed E-state index contributed by atoms with van der Waals surface area (Å²) in [7, 11) is 2.89. The molecule has 9 nitrogen and oxygen atoms in total. The molecule has 4 aromatic rings. The normalized spacial score (nSPS) is 10.9. The molecule has 1 amide bonds. The highest BCUT2D eigenvalue weighted by atomic mass is 35.5. The molecule has 0 fully saturated rings. The van der Waals surface area contributed by atoms with E-state index >= 15 is 0 Å². The highest BCUT2D eigenvalue weighted by molar-refractivity contribution is 6.31. The average Bonchev–Trinajstić information content (AvgIpc) is 3.17. The maximum atomic E-state index is 12.8. The molecule has 158 valence electrons. The Bertz CT molecular complexity index is 1410. The number of para-hydroxylation sites is 1. The van der Waals surface area contributed by atoms with Gasteiger partial charge in [-0.2, -0.15) is 0 Å². The van der Waals surface area contributed by atoms with Gasteiger partial charge in [-0.1, -0.05) is 29.8 Å². The highest BCUT2D eigenvalue weighted by Crippen LogP contribution is 2.32. The smallest absolute Gasteiger partial charge is 0.332 e. The third kappa shape index (κ3) is 3.95. The van der Waals surface area contributed by atoms with Crippen LogP contribution in [-0.2, 0) is 25.4 Å². The summed E-state index contributed by atoms with van der Waals surface area (Å²) in [6, 6.07) is 14.0. The van der Waals surface area contributed by atoms with Crippen LogP contribution in [0.15, 0.2) is 64.4 Å². The highest BCUT2D eigenvalue weighted by Gasteiger charge is 2.17. The maximum Gasteiger partial charge on any atom is 0.332 e. The van der Waals surface area contributed by atoms with Crippen molar-refractivity contribution in [2.24, 2.45) is 14.1 Å². The summed E-state index contributed by atoms with van der Waals surface area (Å²) < 4.78 is 9.48. The van der Waals surface area contributed by atoms with E-state index in [0.29, 0.717) is 22.2 Å². The molecule has 0 bridgehead atoms. The minimum Gasteiger partial charge on any atom is -0.455 e. The second-order valence-electron chi connectivity index (χ2n) is 6.85. The number of anilines is 1. The van der Waals surface area contributed by atoms with Crippen molar-refractivity contribution >= 4 is 34.4 Å². The van der Waals surface area contributed by atoms with Crippen molar-refractivity contribution in [1.82, 2.24) is 18.7 Å². The van der Waals surface area contributed by atoms with Crippen LogP contribution in [0.4, 0.5) is 5.69 Å². The lowest BCUT2D eigenvalue weighted by molar-refractivity contribution is -0.116. The second kappa shape index (κ2) is 8.11. The number of ether oxygens (including phenoxy) is 1. The largest absolute Gasteiger partial charge is 0.455 e. The summed E-state index contributed by atoms with van der Waals surface area (Å²) in [4.78, 5) is 41.5. The Morgan fingerprint density at radius 2 is 1.84 bits per heavy atom. The molecular formula is C21H18ClN5O4. The standard InChI is InChI=1S/C21H18ClN5O4/c1-25-19-18(20(29)26(2)21(25)30)27(12-23-19)11-17(28)24-15-10-13(22)8-9-16(15)31-14-6-4-3-5-7-14/h3-10,12H,11H2,1-2H3,(H,24,28). The van der Waals surface area contributed by atoms with Gasteiger partial charge in [-0.15, -0.1) is 0 Å². The Hall–Kier alpha value is -3.85. The topological polar surface area (TPSA) is 100 Å². The molecule has 0 aliphatic carbocycles. The summed E-state index contributed by atoms with van der Waals surface area (Å²) in [6.45, 7) is -0.193. The third-order valence-electron chi connectivity index (χ3n) is 4.72. The fraction of sp³-hybridized carbons (Fsp3) is 0.143. The number of halogens is 1. The number of fused-ring (bicyclic) bond motifs is 1. The molecule has 1 N–H and O–H groups in total. The number of amides is 1. The van der Waals surface area contributed by atoms with E-state index in [1.54, 1.807) is 30.3 Å². The van der Waals surface area contributed by atoms with Crippen LogP contribution in [0.25, 0.3) is 11.2 Å². The van der Waals surface area contributed by atoms with Crippen molar-refractivity contribution in [2.75, 3.05) is 5.32 Å². The summed E-state index contributed by atoms with van der Waals surface area (Å²) in [6.07, 6.45) is 1.35. The molecule has 0 saturated carbocycles. The first kappa shape index (κ1) is 20.4. The molecule has 0 radical (unpaired) electrons. The Kier molecular flexibility index (Phi) is 5.35. The first-order valence-electron chi connectivity index (χ1n) is 9.28. The van der Waals surface area contributed by atoms with Crippen LogP contribution in [0.5, 0.6) is 11.5 Å². The van der Waals surface area contributed by atoms with Crippen molar-refractivity contribution in [1.29, 1.82) is 0 Å². The first-order chi connectivity index (χ1) is 14.8. The number of imidazole rings is 1. The number of hydrogen-bond acceptors (Lipinski definition) is 5. The van der Waals surface area contributed by atoms with Crippen LogP contribution < -0.4 is 21.3 Å². The number of carbonyl (C=O) groups is 1. The molecular weight excluding hydrogens is 422 g/mol. The summed E-state index contributed by atoms with van der Waals surface area (Å²) in [5.74, 6) is 0.596. The monoisotopic (exact) mass is 439 g/mol. The number of aromatic nitrogens is 4. The van der Waals surface area contributed by atoms with Gasteiger partial charge in [0, 0.05) is 19.1 Å². The number of hydrogen-bond donors (Lipinski definition) is 1. The van der Waals surface area contributed by atoms with E-state index in [-0.39, 0.29) is 17.7 Å². The lowest BCUT2D eigenvalue weighted by Crippen LogP contribution is -2.37. The molecule has 0 saturated heterocycles. The summed E-state index contributed by atoms with van der Waals surface area (Å²) in [5, 5.41) is 3.18. The summed E-state index contributed by atoms with van der Waals surface area (Å²) in [5.41, 5.74) is -0.275. The quantitative estimate of drug-likeness (QED) is 0.515. The average molecular weight is 440 g/mol. The lowest BCUT2D eigenvalue weighted by Gasteiger charge is -2.13. The number of aryl methyl sites for hydroxylation is 1. The van der Waals surface area contributed by atoms with Crippen LogP contribution in [-0.4, -0.2) is 24.6 Å². The van der Waals surface area contributed by atoms with Crippen molar-refractivity contribution in [3.63, 3.8) is 0 Å². The van der Waals surface area contributed by atoms with Crippen LogP contribution in [0.3, 0.4) is 0 Å². The molecule has 31 heavy (non-hydrogen) atoms.